The van der Waals surface area contributed by atoms with Gasteiger partial charge >= 0.3 is 0 Å². The molecule has 0 aliphatic carbocycles. The highest BCUT2D eigenvalue weighted by atomic mass is 16.5. The summed E-state index contributed by atoms with van der Waals surface area (Å²) in [6.45, 7) is 2.16. The fourth-order valence-corrected chi connectivity index (χ4v) is 3.15. The van der Waals surface area contributed by atoms with Crippen molar-refractivity contribution in [1.82, 2.24) is 4.90 Å². The molecule has 1 heterocycles. The first-order chi connectivity index (χ1) is 12.4. The smallest absolute Gasteiger partial charge is 0.239 e. The second-order valence-corrected chi connectivity index (χ2v) is 7.09. The number of amides is 1. The number of carbonyl (C=O) groups is 1. The largest absolute Gasteiger partial charge is 0.394 e. The van der Waals surface area contributed by atoms with Crippen LogP contribution in [0.2, 0.25) is 0 Å². The van der Waals surface area contributed by atoms with Gasteiger partial charge in [0, 0.05) is 19.7 Å². The maximum Gasteiger partial charge on any atom is 0.239 e. The van der Waals surface area contributed by atoms with Gasteiger partial charge in [0.15, 0.2) is 0 Å². The standard InChI is InChI=1S/C18H36N2O6/c1-2-3-8-13(19)18(25)20-9-6-4-5-7-10-26-17(15(23)12-21)16(24)14(22)11-20/h13-17,21-24H,2-12,19H2,1H3/t13-,14-,15-,16-,17-/m1/s1. The number of aliphatic hydroxyl groups excluding tert-OH is 4. The van der Waals surface area contributed by atoms with Crippen LogP contribution < -0.4 is 5.73 Å². The van der Waals surface area contributed by atoms with Crippen molar-refractivity contribution in [2.24, 2.45) is 5.73 Å². The maximum atomic E-state index is 12.6. The van der Waals surface area contributed by atoms with Crippen molar-refractivity contribution in [3.63, 3.8) is 0 Å². The second kappa shape index (κ2) is 12.6. The number of nitrogens with two attached hydrogens (primary N) is 1. The Hall–Kier alpha value is -0.770. The van der Waals surface area contributed by atoms with Crippen molar-refractivity contribution in [3.8, 4) is 0 Å². The molecule has 0 unspecified atom stereocenters. The number of carbonyl (C=O) groups excluding carboxylic acids is 1. The molecular formula is C18H36N2O6. The summed E-state index contributed by atoms with van der Waals surface area (Å²) in [7, 11) is 0. The number of β-amino-alcohol motifs (C(OH)–C–C–N with tert-alkyl or cyclic N) is 1. The number of hydrogen-bond donors (Lipinski definition) is 5. The van der Waals surface area contributed by atoms with Crippen molar-refractivity contribution in [1.29, 1.82) is 0 Å². The van der Waals surface area contributed by atoms with Crippen LogP contribution in [0.5, 0.6) is 0 Å². The molecule has 0 aromatic heterocycles. The van der Waals surface area contributed by atoms with E-state index in [2.05, 4.69) is 0 Å². The van der Waals surface area contributed by atoms with Crippen LogP contribution in [0.15, 0.2) is 0 Å². The molecule has 1 rings (SSSR count). The Bertz CT molecular complexity index is 398. The average Bonchev–Trinajstić information content (AvgIpc) is 2.64. The van der Waals surface area contributed by atoms with Crippen molar-refractivity contribution in [2.75, 3.05) is 26.3 Å². The normalized spacial score (nSPS) is 28.7. The van der Waals surface area contributed by atoms with E-state index in [1.165, 1.54) is 4.90 Å². The van der Waals surface area contributed by atoms with Gasteiger partial charge in [0.05, 0.1) is 12.6 Å². The lowest BCUT2D eigenvalue weighted by atomic mass is 10.0. The highest BCUT2D eigenvalue weighted by molar-refractivity contribution is 5.81. The quantitative estimate of drug-likeness (QED) is 0.416. The maximum absolute atomic E-state index is 12.6. The molecule has 0 bridgehead atoms. The zero-order chi connectivity index (χ0) is 19.5. The topological polar surface area (TPSA) is 136 Å². The van der Waals surface area contributed by atoms with Crippen LogP contribution in [0.1, 0.15) is 51.9 Å². The predicted octanol–water partition coefficient (Wildman–Crippen LogP) is -0.633. The lowest BCUT2D eigenvalue weighted by molar-refractivity contribution is -0.152. The zero-order valence-corrected chi connectivity index (χ0v) is 15.8. The molecule has 8 nitrogen and oxygen atoms in total. The van der Waals surface area contributed by atoms with Crippen molar-refractivity contribution < 1.29 is 30.0 Å². The number of rotatable bonds is 6. The van der Waals surface area contributed by atoms with Crippen LogP contribution >= 0.6 is 0 Å². The van der Waals surface area contributed by atoms with Gasteiger partial charge < -0.3 is 35.8 Å². The number of ether oxygens (including phenoxy) is 1. The molecule has 0 spiro atoms. The van der Waals surface area contributed by atoms with Crippen LogP contribution in [-0.2, 0) is 9.53 Å². The van der Waals surface area contributed by atoms with E-state index < -0.39 is 37.1 Å². The van der Waals surface area contributed by atoms with Crippen molar-refractivity contribution >= 4 is 5.91 Å². The predicted molar refractivity (Wildman–Crippen MR) is 97.4 cm³/mol. The SMILES string of the molecule is CCCC[C@@H](N)C(=O)N1CCCCCCO[C@H]([C@H](O)CO)[C@H](O)[C@H](O)C1. The summed E-state index contributed by atoms with van der Waals surface area (Å²) in [5, 5.41) is 39.8. The Morgan fingerprint density at radius 1 is 1.27 bits per heavy atom. The average molecular weight is 376 g/mol. The zero-order valence-electron chi connectivity index (χ0n) is 15.8. The molecule has 8 heteroatoms. The number of unbranched alkanes of at least 4 members (excludes halogenated alkanes) is 1. The van der Waals surface area contributed by atoms with Gasteiger partial charge in [0.2, 0.25) is 5.91 Å². The van der Waals surface area contributed by atoms with Crippen molar-refractivity contribution in [2.45, 2.75) is 82.3 Å². The van der Waals surface area contributed by atoms with Crippen LogP contribution in [0.25, 0.3) is 0 Å². The van der Waals surface area contributed by atoms with Gasteiger partial charge in [0.25, 0.3) is 0 Å². The van der Waals surface area contributed by atoms with Crippen LogP contribution in [-0.4, -0.2) is 88.0 Å². The highest BCUT2D eigenvalue weighted by Gasteiger charge is 2.35. The van der Waals surface area contributed by atoms with Crippen LogP contribution in [0.4, 0.5) is 0 Å². The molecular weight excluding hydrogens is 340 g/mol. The molecule has 1 saturated heterocycles. The number of nitrogens with zero attached hydrogens (tertiary/aromatic N) is 1. The van der Waals surface area contributed by atoms with E-state index in [9.17, 15) is 25.2 Å². The fourth-order valence-electron chi connectivity index (χ4n) is 3.15. The molecule has 5 atom stereocenters. The van der Waals surface area contributed by atoms with E-state index in [4.69, 9.17) is 10.5 Å². The second-order valence-electron chi connectivity index (χ2n) is 7.09. The highest BCUT2D eigenvalue weighted by Crippen LogP contribution is 2.15. The van der Waals surface area contributed by atoms with E-state index in [1.54, 1.807) is 0 Å². The number of aliphatic hydroxyl groups is 4. The fraction of sp³-hybridized carbons (Fsp3) is 0.944. The van der Waals surface area contributed by atoms with Gasteiger partial charge in [-0.25, -0.2) is 0 Å². The Labute approximate surface area is 155 Å². The third kappa shape index (κ3) is 7.46. The lowest BCUT2D eigenvalue weighted by Gasteiger charge is -2.34. The summed E-state index contributed by atoms with van der Waals surface area (Å²) < 4.78 is 5.50. The van der Waals surface area contributed by atoms with Crippen LogP contribution in [0, 0.1) is 0 Å². The third-order valence-corrected chi connectivity index (χ3v) is 4.83. The minimum atomic E-state index is -1.42. The van der Waals surface area contributed by atoms with E-state index in [1.807, 2.05) is 6.92 Å². The van der Waals surface area contributed by atoms with Crippen molar-refractivity contribution in [3.05, 3.63) is 0 Å². The van der Waals surface area contributed by atoms with Gasteiger partial charge in [-0.15, -0.1) is 0 Å². The molecule has 0 radical (unpaired) electrons. The molecule has 0 saturated carbocycles. The van der Waals surface area contributed by atoms with Gasteiger partial charge in [-0.3, -0.25) is 4.79 Å². The Morgan fingerprint density at radius 3 is 2.62 bits per heavy atom. The summed E-state index contributed by atoms with van der Waals surface area (Å²) in [5.41, 5.74) is 5.99. The molecule has 26 heavy (non-hydrogen) atoms. The van der Waals surface area contributed by atoms with Gasteiger partial charge in [-0.2, -0.15) is 0 Å². The summed E-state index contributed by atoms with van der Waals surface area (Å²) in [4.78, 5) is 14.1. The molecule has 1 aliphatic heterocycles. The summed E-state index contributed by atoms with van der Waals surface area (Å²) in [5.74, 6) is -0.234. The molecule has 0 aromatic carbocycles. The summed E-state index contributed by atoms with van der Waals surface area (Å²) in [6, 6.07) is -0.623. The van der Waals surface area contributed by atoms with E-state index in [0.29, 0.717) is 19.6 Å². The monoisotopic (exact) mass is 376 g/mol. The van der Waals surface area contributed by atoms with Gasteiger partial charge in [0.1, 0.15) is 24.4 Å². The van der Waals surface area contributed by atoms with E-state index in [0.717, 1.165) is 38.5 Å². The first kappa shape index (κ1) is 23.3. The minimum absolute atomic E-state index is 0.0855. The molecule has 154 valence electrons. The van der Waals surface area contributed by atoms with Crippen LogP contribution in [0.3, 0.4) is 0 Å². The number of hydrogen-bond acceptors (Lipinski definition) is 7. The first-order valence-electron chi connectivity index (χ1n) is 9.73. The summed E-state index contributed by atoms with van der Waals surface area (Å²) >= 11 is 0. The first-order valence-corrected chi connectivity index (χ1v) is 9.73. The molecule has 1 aliphatic rings. The minimum Gasteiger partial charge on any atom is -0.394 e. The lowest BCUT2D eigenvalue weighted by Crippen LogP contribution is -2.54. The van der Waals surface area contributed by atoms with E-state index in [-0.39, 0.29) is 12.5 Å². The molecule has 0 aromatic rings. The Balaban J connectivity index is 2.84. The van der Waals surface area contributed by atoms with Gasteiger partial charge in [-0.05, 0) is 19.3 Å². The van der Waals surface area contributed by atoms with Gasteiger partial charge in [-0.1, -0.05) is 32.6 Å². The third-order valence-electron chi connectivity index (χ3n) is 4.83. The molecule has 1 fully saturated rings. The Kier molecular flexibility index (Phi) is 11.3. The molecule has 6 N–H and O–H groups in total. The molecule has 1 amide bonds. The Morgan fingerprint density at radius 2 is 1.96 bits per heavy atom. The summed E-state index contributed by atoms with van der Waals surface area (Å²) in [6.07, 6.45) is 0.567. The van der Waals surface area contributed by atoms with E-state index >= 15 is 0 Å².